The zero-order valence-electron chi connectivity index (χ0n) is 10.2. The van der Waals surface area contributed by atoms with Crippen LogP contribution in [0.4, 0.5) is 4.39 Å². The molecule has 1 nitrogen and oxygen atoms in total. The molecule has 2 aromatic rings. The molecular weight excluding hydrogens is 293 g/mol. The average molecular weight is 308 g/mol. The van der Waals surface area contributed by atoms with Gasteiger partial charge in [-0.05, 0) is 42.7 Å². The van der Waals surface area contributed by atoms with Crippen molar-refractivity contribution in [1.29, 1.82) is 0 Å². The van der Waals surface area contributed by atoms with Crippen molar-refractivity contribution in [2.45, 2.75) is 19.4 Å². The molecule has 1 atom stereocenters. The van der Waals surface area contributed by atoms with Gasteiger partial charge in [0.05, 0.1) is 0 Å². The van der Waals surface area contributed by atoms with Gasteiger partial charge in [0.15, 0.2) is 0 Å². The van der Waals surface area contributed by atoms with Crippen LogP contribution in [-0.4, -0.2) is 0 Å². The van der Waals surface area contributed by atoms with E-state index < -0.39 is 0 Å². The maximum Gasteiger partial charge on any atom is 0.126 e. The van der Waals surface area contributed by atoms with Crippen molar-refractivity contribution in [1.82, 2.24) is 0 Å². The van der Waals surface area contributed by atoms with Crippen molar-refractivity contribution < 1.29 is 4.39 Å². The Morgan fingerprint density at radius 2 is 1.83 bits per heavy atom. The molecule has 0 aliphatic rings. The molecule has 18 heavy (non-hydrogen) atoms. The number of nitrogens with two attached hydrogens (primary N) is 1. The molecule has 0 spiro atoms. The Kier molecular flexibility index (Phi) is 4.15. The molecule has 94 valence electrons. The highest BCUT2D eigenvalue weighted by Gasteiger charge is 2.10. The van der Waals surface area contributed by atoms with Crippen molar-refractivity contribution in [2.75, 3.05) is 0 Å². The third kappa shape index (κ3) is 3.18. The van der Waals surface area contributed by atoms with Crippen molar-refractivity contribution in [3.05, 3.63) is 69.4 Å². The summed E-state index contributed by atoms with van der Waals surface area (Å²) in [6, 6.07) is 12.8. The minimum Gasteiger partial charge on any atom is -0.324 e. The summed E-state index contributed by atoms with van der Waals surface area (Å²) in [4.78, 5) is 0. The number of hydrogen-bond acceptors (Lipinski definition) is 1. The zero-order chi connectivity index (χ0) is 13.1. The lowest BCUT2D eigenvalue weighted by Gasteiger charge is -2.13. The van der Waals surface area contributed by atoms with Gasteiger partial charge >= 0.3 is 0 Å². The second-order valence-corrected chi connectivity index (χ2v) is 5.37. The predicted molar refractivity (Wildman–Crippen MR) is 75.9 cm³/mol. The Morgan fingerprint density at radius 3 is 2.50 bits per heavy atom. The average Bonchev–Trinajstić information content (AvgIpc) is 2.34. The lowest BCUT2D eigenvalue weighted by atomic mass is 9.98. The minimum absolute atomic E-state index is 0.186. The Morgan fingerprint density at radius 1 is 1.17 bits per heavy atom. The molecule has 2 aromatic carbocycles. The number of rotatable bonds is 3. The highest BCUT2D eigenvalue weighted by molar-refractivity contribution is 9.10. The summed E-state index contributed by atoms with van der Waals surface area (Å²) >= 11 is 3.34. The van der Waals surface area contributed by atoms with E-state index in [1.165, 1.54) is 11.6 Å². The third-order valence-electron chi connectivity index (χ3n) is 2.95. The lowest BCUT2D eigenvalue weighted by molar-refractivity contribution is 0.593. The standard InChI is InChI=1S/C15H15BrFN/c1-10-2-4-11(5-3-10)15(18)9-12-8-13(16)6-7-14(12)17/h2-8,15H,9,18H2,1H3. The second kappa shape index (κ2) is 5.63. The first-order chi connectivity index (χ1) is 8.56. The van der Waals surface area contributed by atoms with Gasteiger partial charge in [0, 0.05) is 10.5 Å². The van der Waals surface area contributed by atoms with Gasteiger partial charge in [0.25, 0.3) is 0 Å². The summed E-state index contributed by atoms with van der Waals surface area (Å²) in [5.74, 6) is -0.208. The number of aryl methyl sites for hydroxylation is 1. The van der Waals surface area contributed by atoms with E-state index in [4.69, 9.17) is 5.73 Å². The van der Waals surface area contributed by atoms with Gasteiger partial charge in [-0.25, -0.2) is 4.39 Å². The fourth-order valence-electron chi connectivity index (χ4n) is 1.87. The van der Waals surface area contributed by atoms with E-state index in [1.807, 2.05) is 31.2 Å². The van der Waals surface area contributed by atoms with E-state index in [1.54, 1.807) is 12.1 Å². The van der Waals surface area contributed by atoms with E-state index >= 15 is 0 Å². The number of hydrogen-bond donors (Lipinski definition) is 1. The van der Waals surface area contributed by atoms with E-state index in [0.29, 0.717) is 12.0 Å². The molecule has 0 bridgehead atoms. The van der Waals surface area contributed by atoms with Gasteiger partial charge in [0.2, 0.25) is 0 Å². The van der Waals surface area contributed by atoms with E-state index in [2.05, 4.69) is 15.9 Å². The normalized spacial score (nSPS) is 12.4. The highest BCUT2D eigenvalue weighted by Crippen LogP contribution is 2.21. The first-order valence-corrected chi connectivity index (χ1v) is 6.61. The molecule has 0 saturated heterocycles. The first kappa shape index (κ1) is 13.2. The molecule has 0 fully saturated rings. The van der Waals surface area contributed by atoms with Crippen LogP contribution < -0.4 is 5.73 Å². The quantitative estimate of drug-likeness (QED) is 0.906. The Hall–Kier alpha value is -1.19. The van der Waals surface area contributed by atoms with E-state index in [9.17, 15) is 4.39 Å². The second-order valence-electron chi connectivity index (χ2n) is 4.46. The molecule has 0 amide bonds. The van der Waals surface area contributed by atoms with Crippen molar-refractivity contribution in [2.24, 2.45) is 5.73 Å². The van der Waals surface area contributed by atoms with Gasteiger partial charge in [0.1, 0.15) is 5.82 Å². The van der Waals surface area contributed by atoms with Gasteiger partial charge in [-0.3, -0.25) is 0 Å². The minimum atomic E-state index is -0.208. The van der Waals surface area contributed by atoms with Gasteiger partial charge in [-0.2, -0.15) is 0 Å². The smallest absolute Gasteiger partial charge is 0.126 e. The Labute approximate surface area is 115 Å². The predicted octanol–water partition coefficient (Wildman–Crippen LogP) is 4.14. The number of benzene rings is 2. The van der Waals surface area contributed by atoms with Crippen LogP contribution in [0.15, 0.2) is 46.9 Å². The molecule has 0 aliphatic carbocycles. The summed E-state index contributed by atoms with van der Waals surface area (Å²) in [7, 11) is 0. The van der Waals surface area contributed by atoms with Gasteiger partial charge in [-0.15, -0.1) is 0 Å². The van der Waals surface area contributed by atoms with Gasteiger partial charge < -0.3 is 5.73 Å². The fraction of sp³-hybridized carbons (Fsp3) is 0.200. The molecular formula is C15H15BrFN. The van der Waals surface area contributed by atoms with Gasteiger partial charge in [-0.1, -0.05) is 45.8 Å². The van der Waals surface area contributed by atoms with Crippen LogP contribution >= 0.6 is 15.9 Å². The molecule has 0 saturated carbocycles. The topological polar surface area (TPSA) is 26.0 Å². The van der Waals surface area contributed by atoms with Crippen LogP contribution in [-0.2, 0) is 6.42 Å². The molecule has 0 radical (unpaired) electrons. The number of halogens is 2. The monoisotopic (exact) mass is 307 g/mol. The summed E-state index contributed by atoms with van der Waals surface area (Å²) in [6.45, 7) is 2.03. The van der Waals surface area contributed by atoms with Crippen LogP contribution in [0.2, 0.25) is 0 Å². The Bertz CT molecular complexity index is 537. The van der Waals surface area contributed by atoms with E-state index in [-0.39, 0.29) is 11.9 Å². The Balaban J connectivity index is 2.18. The summed E-state index contributed by atoms with van der Waals surface area (Å²) in [6.07, 6.45) is 0.494. The molecule has 1 unspecified atom stereocenters. The van der Waals surface area contributed by atoms with Crippen LogP contribution in [0.5, 0.6) is 0 Å². The molecule has 2 rings (SSSR count). The SMILES string of the molecule is Cc1ccc(C(N)Cc2cc(Br)ccc2F)cc1. The fourth-order valence-corrected chi connectivity index (χ4v) is 2.28. The third-order valence-corrected chi connectivity index (χ3v) is 3.45. The van der Waals surface area contributed by atoms with Crippen molar-refractivity contribution >= 4 is 15.9 Å². The maximum absolute atomic E-state index is 13.6. The maximum atomic E-state index is 13.6. The van der Waals surface area contributed by atoms with Crippen LogP contribution in [0, 0.1) is 12.7 Å². The summed E-state index contributed by atoms with van der Waals surface area (Å²) in [5, 5.41) is 0. The molecule has 0 aromatic heterocycles. The molecule has 2 N–H and O–H groups in total. The molecule has 0 heterocycles. The van der Waals surface area contributed by atoms with Crippen LogP contribution in [0.25, 0.3) is 0 Å². The lowest BCUT2D eigenvalue weighted by Crippen LogP contribution is -2.14. The van der Waals surface area contributed by atoms with Crippen molar-refractivity contribution in [3.8, 4) is 0 Å². The van der Waals surface area contributed by atoms with Crippen LogP contribution in [0.3, 0.4) is 0 Å². The largest absolute Gasteiger partial charge is 0.324 e. The van der Waals surface area contributed by atoms with Crippen LogP contribution in [0.1, 0.15) is 22.7 Å². The molecule has 3 heteroatoms. The van der Waals surface area contributed by atoms with Crippen molar-refractivity contribution in [3.63, 3.8) is 0 Å². The molecule has 0 aliphatic heterocycles. The zero-order valence-corrected chi connectivity index (χ0v) is 11.7. The van der Waals surface area contributed by atoms with E-state index in [0.717, 1.165) is 10.0 Å². The summed E-state index contributed by atoms with van der Waals surface area (Å²) < 4.78 is 14.5. The summed E-state index contributed by atoms with van der Waals surface area (Å²) in [5.41, 5.74) is 8.97. The first-order valence-electron chi connectivity index (χ1n) is 5.82. The highest BCUT2D eigenvalue weighted by atomic mass is 79.9.